The summed E-state index contributed by atoms with van der Waals surface area (Å²) < 4.78 is 0. The molecule has 0 N–H and O–H groups in total. The Balaban J connectivity index is 1.29. The summed E-state index contributed by atoms with van der Waals surface area (Å²) in [6, 6.07) is 51.3. The highest BCUT2D eigenvalue weighted by Gasteiger charge is 2.18. The molecule has 0 unspecified atom stereocenters. The van der Waals surface area contributed by atoms with E-state index in [4.69, 9.17) is 15.0 Å². The highest BCUT2D eigenvalue weighted by molar-refractivity contribution is 6.12. The lowest BCUT2D eigenvalue weighted by Crippen LogP contribution is -1.97. The van der Waals surface area contributed by atoms with Crippen molar-refractivity contribution in [1.82, 2.24) is 15.0 Å². The van der Waals surface area contributed by atoms with E-state index in [-0.39, 0.29) is 0 Å². The van der Waals surface area contributed by atoms with E-state index in [9.17, 15) is 0 Å². The van der Waals surface area contributed by atoms with Crippen LogP contribution in [0.2, 0.25) is 0 Å². The van der Waals surface area contributed by atoms with Crippen molar-refractivity contribution >= 4 is 54.1 Å². The third-order valence-corrected chi connectivity index (χ3v) is 8.72. The summed E-state index contributed by atoms with van der Waals surface area (Å²) >= 11 is 0. The van der Waals surface area contributed by atoms with Gasteiger partial charge in [-0.2, -0.15) is 0 Å². The Hall–Kier alpha value is -5.93. The summed E-state index contributed by atoms with van der Waals surface area (Å²) in [6.45, 7) is 0. The molecule has 204 valence electrons. The van der Waals surface area contributed by atoms with Gasteiger partial charge in [0.1, 0.15) is 0 Å². The highest BCUT2D eigenvalue weighted by atomic mass is 14.9. The van der Waals surface area contributed by atoms with Gasteiger partial charge in [-0.25, -0.2) is 9.97 Å². The summed E-state index contributed by atoms with van der Waals surface area (Å²) in [6.07, 6.45) is 1.87. The van der Waals surface area contributed by atoms with E-state index in [0.29, 0.717) is 5.82 Å². The predicted molar refractivity (Wildman–Crippen MR) is 184 cm³/mol. The first-order valence-electron chi connectivity index (χ1n) is 14.9. The Labute approximate surface area is 254 Å². The van der Waals surface area contributed by atoms with Gasteiger partial charge in [0.25, 0.3) is 0 Å². The van der Waals surface area contributed by atoms with Gasteiger partial charge in [0.05, 0.1) is 16.7 Å². The lowest BCUT2D eigenvalue weighted by Gasteiger charge is -2.15. The number of fused-ring (bicyclic) bond motifs is 6. The molecule has 0 amide bonds. The number of para-hydroxylation sites is 1. The zero-order valence-electron chi connectivity index (χ0n) is 23.8. The Morgan fingerprint density at radius 3 is 2.05 bits per heavy atom. The number of pyridine rings is 1. The molecule has 0 radical (unpaired) electrons. The van der Waals surface area contributed by atoms with Crippen molar-refractivity contribution < 1.29 is 0 Å². The minimum Gasteiger partial charge on any atom is -0.256 e. The quantitative estimate of drug-likeness (QED) is 0.202. The summed E-state index contributed by atoms with van der Waals surface area (Å²) in [7, 11) is 0. The van der Waals surface area contributed by atoms with Gasteiger partial charge in [-0.3, -0.25) is 4.98 Å². The van der Waals surface area contributed by atoms with E-state index >= 15 is 0 Å². The normalized spacial score (nSPS) is 11.6. The van der Waals surface area contributed by atoms with Crippen molar-refractivity contribution in [3.63, 3.8) is 0 Å². The highest BCUT2D eigenvalue weighted by Crippen LogP contribution is 2.39. The van der Waals surface area contributed by atoms with Crippen LogP contribution < -0.4 is 0 Å². The molecule has 0 atom stereocenters. The van der Waals surface area contributed by atoms with Crippen molar-refractivity contribution in [2.75, 3.05) is 0 Å². The molecule has 2 heterocycles. The molecule has 0 aliphatic carbocycles. The van der Waals surface area contributed by atoms with Crippen molar-refractivity contribution in [2.45, 2.75) is 0 Å². The zero-order chi connectivity index (χ0) is 29.0. The number of aromatic nitrogens is 3. The van der Waals surface area contributed by atoms with Crippen LogP contribution >= 0.6 is 0 Å². The third-order valence-electron chi connectivity index (χ3n) is 8.72. The van der Waals surface area contributed by atoms with Gasteiger partial charge in [-0.15, -0.1) is 0 Å². The summed E-state index contributed by atoms with van der Waals surface area (Å²) in [5, 5.41) is 9.35. The lowest BCUT2D eigenvalue weighted by atomic mass is 9.94. The van der Waals surface area contributed by atoms with Gasteiger partial charge in [-0.1, -0.05) is 121 Å². The van der Waals surface area contributed by atoms with Crippen molar-refractivity contribution in [2.24, 2.45) is 0 Å². The Morgan fingerprint density at radius 1 is 0.386 bits per heavy atom. The fourth-order valence-electron chi connectivity index (χ4n) is 6.61. The van der Waals surface area contributed by atoms with Crippen LogP contribution in [-0.2, 0) is 0 Å². The second kappa shape index (κ2) is 9.82. The van der Waals surface area contributed by atoms with Crippen molar-refractivity contribution in [3.05, 3.63) is 152 Å². The molecule has 0 saturated heterocycles. The van der Waals surface area contributed by atoms with Gasteiger partial charge < -0.3 is 0 Å². The second-order valence-corrected chi connectivity index (χ2v) is 11.2. The number of benzene rings is 7. The van der Waals surface area contributed by atoms with Crippen LogP contribution in [0, 0.1) is 0 Å². The monoisotopic (exact) mass is 559 g/mol. The minimum atomic E-state index is 0.710. The third kappa shape index (κ3) is 3.87. The van der Waals surface area contributed by atoms with E-state index in [1.165, 1.54) is 32.5 Å². The molecule has 0 aliphatic heterocycles. The molecule has 0 aliphatic rings. The first-order valence-corrected chi connectivity index (χ1v) is 14.9. The maximum atomic E-state index is 5.31. The topological polar surface area (TPSA) is 38.7 Å². The molecule has 0 saturated carbocycles. The smallest absolute Gasteiger partial charge is 0.161 e. The van der Waals surface area contributed by atoms with Crippen LogP contribution in [0.15, 0.2) is 152 Å². The second-order valence-electron chi connectivity index (χ2n) is 11.2. The first-order chi connectivity index (χ1) is 21.8. The number of nitrogens with zero attached hydrogens (tertiary/aromatic N) is 3. The van der Waals surface area contributed by atoms with Crippen LogP contribution in [0.5, 0.6) is 0 Å². The molecule has 2 aromatic heterocycles. The van der Waals surface area contributed by atoms with Gasteiger partial charge in [-0.05, 0) is 67.7 Å². The van der Waals surface area contributed by atoms with Gasteiger partial charge in [0.15, 0.2) is 5.82 Å². The molecule has 0 fully saturated rings. The number of hydrogen-bond donors (Lipinski definition) is 0. The van der Waals surface area contributed by atoms with Crippen LogP contribution in [0.4, 0.5) is 0 Å². The lowest BCUT2D eigenvalue weighted by molar-refractivity contribution is 1.23. The van der Waals surface area contributed by atoms with E-state index < -0.39 is 0 Å². The molecule has 9 rings (SSSR count). The molecule has 3 nitrogen and oxygen atoms in total. The molecular weight excluding hydrogens is 534 g/mol. The van der Waals surface area contributed by atoms with Gasteiger partial charge in [0, 0.05) is 28.1 Å². The maximum Gasteiger partial charge on any atom is 0.161 e. The van der Waals surface area contributed by atoms with E-state index in [2.05, 4.69) is 133 Å². The standard InChI is InChI=1S/C41H25N3/c1-2-11-28-25-29(19-18-26(28)9-1)31-22-23-37(39-34(31)16-8-24-42-39)40-36-13-5-6-17-38(36)43-41(44-40)35-15-7-14-32-30-12-4-3-10-27(30)20-21-33(32)35/h1-25H. The average Bonchev–Trinajstić information content (AvgIpc) is 3.10. The predicted octanol–water partition coefficient (Wildman–Crippen LogP) is 10.6. The Morgan fingerprint density at radius 2 is 1.11 bits per heavy atom. The van der Waals surface area contributed by atoms with Crippen molar-refractivity contribution in [3.8, 4) is 33.8 Å². The Kier molecular flexibility index (Phi) is 5.50. The summed E-state index contributed by atoms with van der Waals surface area (Å²) in [5.41, 5.74) is 7.06. The van der Waals surface area contributed by atoms with Gasteiger partial charge in [0.2, 0.25) is 0 Å². The van der Waals surface area contributed by atoms with E-state index in [1.807, 2.05) is 18.3 Å². The molecule has 0 spiro atoms. The largest absolute Gasteiger partial charge is 0.256 e. The van der Waals surface area contributed by atoms with E-state index in [1.54, 1.807) is 0 Å². The number of rotatable bonds is 3. The molecular formula is C41H25N3. The Bertz CT molecular complexity index is 2570. The van der Waals surface area contributed by atoms with Crippen LogP contribution in [0.25, 0.3) is 87.9 Å². The van der Waals surface area contributed by atoms with Crippen LogP contribution in [0.3, 0.4) is 0 Å². The van der Waals surface area contributed by atoms with Gasteiger partial charge >= 0.3 is 0 Å². The average molecular weight is 560 g/mol. The summed E-state index contributed by atoms with van der Waals surface area (Å²) in [5.74, 6) is 0.710. The fourth-order valence-corrected chi connectivity index (χ4v) is 6.61. The number of hydrogen-bond acceptors (Lipinski definition) is 3. The first kappa shape index (κ1) is 24.6. The molecule has 0 bridgehead atoms. The maximum absolute atomic E-state index is 5.31. The van der Waals surface area contributed by atoms with E-state index in [0.717, 1.165) is 49.6 Å². The fraction of sp³-hybridized carbons (Fsp3) is 0. The molecule has 9 aromatic rings. The summed E-state index contributed by atoms with van der Waals surface area (Å²) in [4.78, 5) is 15.4. The molecule has 7 aromatic carbocycles. The molecule has 3 heteroatoms. The minimum absolute atomic E-state index is 0.710. The zero-order valence-corrected chi connectivity index (χ0v) is 23.8. The van der Waals surface area contributed by atoms with Crippen LogP contribution in [0.1, 0.15) is 0 Å². The van der Waals surface area contributed by atoms with Crippen LogP contribution in [-0.4, -0.2) is 15.0 Å². The SMILES string of the molecule is c1ccc2cc(-c3ccc(-c4nc(-c5cccc6c5ccc5ccccc56)nc5ccccc45)c4ncccc34)ccc2c1. The molecule has 44 heavy (non-hydrogen) atoms. The van der Waals surface area contributed by atoms with Crippen molar-refractivity contribution in [1.29, 1.82) is 0 Å².